The van der Waals surface area contributed by atoms with Crippen molar-refractivity contribution in [1.82, 2.24) is 9.78 Å². The van der Waals surface area contributed by atoms with Gasteiger partial charge in [-0.3, -0.25) is 0 Å². The van der Waals surface area contributed by atoms with Gasteiger partial charge in [-0.05, 0) is 37.1 Å². The second-order valence-corrected chi connectivity index (χ2v) is 4.19. The number of benzene rings is 1. The van der Waals surface area contributed by atoms with Crippen LogP contribution in [0.5, 0.6) is 0 Å². The summed E-state index contributed by atoms with van der Waals surface area (Å²) >= 11 is 0. The lowest BCUT2D eigenvalue weighted by Crippen LogP contribution is -2.07. The van der Waals surface area contributed by atoms with Gasteiger partial charge in [0, 0.05) is 6.20 Å². The van der Waals surface area contributed by atoms with E-state index in [9.17, 15) is 0 Å². The van der Waals surface area contributed by atoms with Crippen LogP contribution in [0.1, 0.15) is 24.0 Å². The molecule has 0 aliphatic rings. The van der Waals surface area contributed by atoms with Gasteiger partial charge >= 0.3 is 0 Å². The fraction of sp³-hybridized carbons (Fsp3) is 0.308. The van der Waals surface area contributed by atoms with Gasteiger partial charge < -0.3 is 5.73 Å². The maximum Gasteiger partial charge on any atom is 0.0645 e. The van der Waals surface area contributed by atoms with E-state index in [0.717, 1.165) is 5.69 Å². The van der Waals surface area contributed by atoms with Gasteiger partial charge in [0.2, 0.25) is 0 Å². The summed E-state index contributed by atoms with van der Waals surface area (Å²) in [7, 11) is 0. The Morgan fingerprint density at radius 3 is 2.62 bits per heavy atom. The van der Waals surface area contributed by atoms with E-state index in [1.54, 1.807) is 0 Å². The molecule has 3 heteroatoms. The van der Waals surface area contributed by atoms with Crippen LogP contribution in [-0.2, 0) is 0 Å². The number of hydrogen-bond acceptors (Lipinski definition) is 2. The van der Waals surface area contributed by atoms with Crippen molar-refractivity contribution < 1.29 is 0 Å². The number of nitrogens with zero attached hydrogens (tertiary/aromatic N) is 2. The summed E-state index contributed by atoms with van der Waals surface area (Å²) in [6, 6.07) is 8.31. The zero-order valence-corrected chi connectivity index (χ0v) is 9.72. The normalized spacial score (nSPS) is 12.7. The highest BCUT2D eigenvalue weighted by Crippen LogP contribution is 2.15. The molecule has 0 fully saturated rings. The molecule has 0 spiro atoms. The summed E-state index contributed by atoms with van der Waals surface area (Å²) in [5, 5.41) is 4.35. The molecule has 1 heterocycles. The summed E-state index contributed by atoms with van der Waals surface area (Å²) in [4.78, 5) is 0. The molecule has 1 unspecified atom stereocenters. The lowest BCUT2D eigenvalue weighted by Gasteiger charge is -2.04. The van der Waals surface area contributed by atoms with Crippen molar-refractivity contribution in [1.29, 1.82) is 0 Å². The Morgan fingerprint density at radius 1 is 1.31 bits per heavy atom. The molecule has 1 aromatic carbocycles. The van der Waals surface area contributed by atoms with E-state index < -0.39 is 0 Å². The SMILES string of the molecule is Cc1ccc(-n2cc(C(C)CN)cn2)cc1. The Hall–Kier alpha value is -1.61. The minimum Gasteiger partial charge on any atom is -0.330 e. The molecular weight excluding hydrogens is 198 g/mol. The average Bonchev–Trinajstić information content (AvgIpc) is 2.78. The highest BCUT2D eigenvalue weighted by atomic mass is 15.3. The fourth-order valence-electron chi connectivity index (χ4n) is 1.57. The summed E-state index contributed by atoms with van der Waals surface area (Å²) in [6.45, 7) is 4.84. The van der Waals surface area contributed by atoms with E-state index in [1.807, 2.05) is 17.1 Å². The number of nitrogens with two attached hydrogens (primary N) is 1. The van der Waals surface area contributed by atoms with Crippen LogP contribution in [0.3, 0.4) is 0 Å². The van der Waals surface area contributed by atoms with Crippen molar-refractivity contribution in [3.8, 4) is 5.69 Å². The highest BCUT2D eigenvalue weighted by Gasteiger charge is 2.06. The summed E-state index contributed by atoms with van der Waals surface area (Å²) in [6.07, 6.45) is 3.93. The van der Waals surface area contributed by atoms with Crippen molar-refractivity contribution in [2.45, 2.75) is 19.8 Å². The number of aryl methyl sites for hydroxylation is 1. The van der Waals surface area contributed by atoms with Crippen LogP contribution in [0.4, 0.5) is 0 Å². The molecule has 0 aliphatic carbocycles. The van der Waals surface area contributed by atoms with Gasteiger partial charge in [-0.25, -0.2) is 4.68 Å². The van der Waals surface area contributed by atoms with E-state index >= 15 is 0 Å². The fourth-order valence-corrected chi connectivity index (χ4v) is 1.57. The van der Waals surface area contributed by atoms with Crippen LogP contribution < -0.4 is 5.73 Å². The minimum atomic E-state index is 0.360. The van der Waals surface area contributed by atoms with E-state index in [4.69, 9.17) is 5.73 Å². The Labute approximate surface area is 95.9 Å². The first kappa shape index (κ1) is 10.9. The highest BCUT2D eigenvalue weighted by molar-refractivity contribution is 5.34. The molecule has 0 aliphatic heterocycles. The molecule has 1 atom stereocenters. The molecule has 0 radical (unpaired) electrons. The Balaban J connectivity index is 2.28. The van der Waals surface area contributed by atoms with Gasteiger partial charge in [0.05, 0.1) is 11.9 Å². The zero-order valence-electron chi connectivity index (χ0n) is 9.72. The van der Waals surface area contributed by atoms with Gasteiger partial charge in [-0.2, -0.15) is 5.10 Å². The molecule has 0 saturated carbocycles. The summed E-state index contributed by atoms with van der Waals surface area (Å²) in [5.74, 6) is 0.360. The van der Waals surface area contributed by atoms with Gasteiger partial charge in [0.15, 0.2) is 0 Å². The average molecular weight is 215 g/mol. The third kappa shape index (κ3) is 2.14. The second-order valence-electron chi connectivity index (χ2n) is 4.19. The van der Waals surface area contributed by atoms with E-state index in [0.29, 0.717) is 12.5 Å². The van der Waals surface area contributed by atoms with E-state index in [1.165, 1.54) is 11.1 Å². The Morgan fingerprint density at radius 2 is 2.00 bits per heavy atom. The maximum absolute atomic E-state index is 5.63. The largest absolute Gasteiger partial charge is 0.330 e. The van der Waals surface area contributed by atoms with Crippen molar-refractivity contribution in [2.75, 3.05) is 6.54 Å². The van der Waals surface area contributed by atoms with Crippen LogP contribution in [0.25, 0.3) is 5.69 Å². The van der Waals surface area contributed by atoms with Crippen LogP contribution in [0.15, 0.2) is 36.7 Å². The predicted octanol–water partition coefficient (Wildman–Crippen LogP) is 2.24. The predicted molar refractivity (Wildman–Crippen MR) is 65.8 cm³/mol. The van der Waals surface area contributed by atoms with Crippen LogP contribution in [-0.4, -0.2) is 16.3 Å². The maximum atomic E-state index is 5.63. The molecular formula is C13H17N3. The van der Waals surface area contributed by atoms with Crippen molar-refractivity contribution in [3.05, 3.63) is 47.8 Å². The molecule has 84 valence electrons. The number of hydrogen-bond donors (Lipinski definition) is 1. The zero-order chi connectivity index (χ0) is 11.5. The van der Waals surface area contributed by atoms with E-state index in [2.05, 4.69) is 43.2 Å². The van der Waals surface area contributed by atoms with Gasteiger partial charge in [0.25, 0.3) is 0 Å². The molecule has 1 aromatic heterocycles. The van der Waals surface area contributed by atoms with Gasteiger partial charge in [-0.1, -0.05) is 24.6 Å². The minimum absolute atomic E-state index is 0.360. The van der Waals surface area contributed by atoms with Crippen molar-refractivity contribution in [2.24, 2.45) is 5.73 Å². The first-order chi connectivity index (χ1) is 7.70. The Bertz CT molecular complexity index is 456. The lowest BCUT2D eigenvalue weighted by atomic mass is 10.1. The topological polar surface area (TPSA) is 43.8 Å². The molecule has 2 aromatic rings. The smallest absolute Gasteiger partial charge is 0.0645 e. The van der Waals surface area contributed by atoms with Crippen LogP contribution in [0.2, 0.25) is 0 Å². The third-order valence-electron chi connectivity index (χ3n) is 2.82. The quantitative estimate of drug-likeness (QED) is 0.853. The lowest BCUT2D eigenvalue weighted by molar-refractivity contribution is 0.773. The number of aromatic nitrogens is 2. The summed E-state index contributed by atoms with van der Waals surface area (Å²) < 4.78 is 1.89. The van der Waals surface area contributed by atoms with Crippen LogP contribution in [0, 0.1) is 6.92 Å². The van der Waals surface area contributed by atoms with E-state index in [-0.39, 0.29) is 0 Å². The van der Waals surface area contributed by atoms with Crippen molar-refractivity contribution in [3.63, 3.8) is 0 Å². The molecule has 2 N–H and O–H groups in total. The molecule has 3 nitrogen and oxygen atoms in total. The van der Waals surface area contributed by atoms with Gasteiger partial charge in [0.1, 0.15) is 0 Å². The molecule has 0 amide bonds. The standard InChI is InChI=1S/C13H17N3/c1-10-3-5-13(6-4-10)16-9-12(8-15-16)11(2)7-14/h3-6,8-9,11H,7,14H2,1-2H3. The molecule has 0 saturated heterocycles. The first-order valence-electron chi connectivity index (χ1n) is 5.52. The Kier molecular flexibility index (Phi) is 3.06. The van der Waals surface area contributed by atoms with Gasteiger partial charge in [-0.15, -0.1) is 0 Å². The van der Waals surface area contributed by atoms with Crippen molar-refractivity contribution >= 4 is 0 Å². The first-order valence-corrected chi connectivity index (χ1v) is 5.52. The number of rotatable bonds is 3. The monoisotopic (exact) mass is 215 g/mol. The molecule has 0 bridgehead atoms. The second kappa shape index (κ2) is 4.49. The molecule has 2 rings (SSSR count). The summed E-state index contributed by atoms with van der Waals surface area (Å²) in [5.41, 5.74) is 9.16. The third-order valence-corrected chi connectivity index (χ3v) is 2.82. The molecule has 16 heavy (non-hydrogen) atoms. The van der Waals surface area contributed by atoms with Crippen LogP contribution >= 0.6 is 0 Å².